The van der Waals surface area contributed by atoms with Crippen molar-refractivity contribution in [2.24, 2.45) is 0 Å². The van der Waals surface area contributed by atoms with Crippen LogP contribution in [0.2, 0.25) is 0 Å². The van der Waals surface area contributed by atoms with Gasteiger partial charge in [-0.15, -0.1) is 0 Å². The van der Waals surface area contributed by atoms with Gasteiger partial charge >= 0.3 is 6.18 Å². The Balaban J connectivity index is 3.10. The first-order valence-corrected chi connectivity index (χ1v) is 6.03. The molecule has 1 rings (SSSR count). The number of halogens is 4. The molecule has 19 heavy (non-hydrogen) atoms. The van der Waals surface area contributed by atoms with Gasteiger partial charge in [-0.1, -0.05) is 19.9 Å². The third-order valence-corrected chi connectivity index (χ3v) is 2.55. The van der Waals surface area contributed by atoms with Crippen LogP contribution in [-0.2, 0) is 6.18 Å². The minimum absolute atomic E-state index is 0.0206. The molecule has 5 heteroatoms. The van der Waals surface area contributed by atoms with Gasteiger partial charge in [0.2, 0.25) is 0 Å². The monoisotopic (exact) mass is 278 g/mol. The molecule has 108 valence electrons. The van der Waals surface area contributed by atoms with Gasteiger partial charge in [0, 0.05) is 0 Å². The summed E-state index contributed by atoms with van der Waals surface area (Å²) < 4.78 is 57.1. The highest BCUT2D eigenvalue weighted by molar-refractivity contribution is 5.40. The van der Waals surface area contributed by atoms with E-state index in [-0.39, 0.29) is 11.7 Å². The van der Waals surface area contributed by atoms with E-state index in [4.69, 9.17) is 4.74 Å². The molecular weight excluding hydrogens is 260 g/mol. The first-order valence-electron chi connectivity index (χ1n) is 6.03. The van der Waals surface area contributed by atoms with Crippen LogP contribution in [0, 0.1) is 0 Å². The van der Waals surface area contributed by atoms with Gasteiger partial charge < -0.3 is 4.74 Å². The maximum atomic E-state index is 13.3. The molecule has 0 aliphatic carbocycles. The summed E-state index contributed by atoms with van der Waals surface area (Å²) in [7, 11) is 0. The molecule has 1 nitrogen and oxygen atoms in total. The number of hydrogen-bond acceptors (Lipinski definition) is 1. The Hall–Kier alpha value is -1.26. The van der Waals surface area contributed by atoms with Crippen LogP contribution >= 0.6 is 0 Å². The molecule has 0 radical (unpaired) electrons. The minimum Gasteiger partial charge on any atom is -0.490 e. The third kappa shape index (κ3) is 4.73. The Morgan fingerprint density at radius 3 is 2.11 bits per heavy atom. The SMILES string of the molecule is CC(C)c1ccc(OCC(C)(C)F)c(C(F)(F)F)c1. The predicted octanol–water partition coefficient (Wildman–Crippen LogP) is 4.96. The van der Waals surface area contributed by atoms with Gasteiger partial charge in [0.25, 0.3) is 0 Å². The Morgan fingerprint density at radius 1 is 1.11 bits per heavy atom. The Labute approximate surface area is 110 Å². The van der Waals surface area contributed by atoms with E-state index < -0.39 is 24.0 Å². The van der Waals surface area contributed by atoms with E-state index in [1.165, 1.54) is 19.9 Å². The summed E-state index contributed by atoms with van der Waals surface area (Å²) in [5, 5.41) is 0. The van der Waals surface area contributed by atoms with E-state index in [0.29, 0.717) is 5.56 Å². The van der Waals surface area contributed by atoms with Crippen LogP contribution in [0.15, 0.2) is 18.2 Å². The molecule has 0 aliphatic rings. The van der Waals surface area contributed by atoms with Gasteiger partial charge in [0.05, 0.1) is 5.56 Å². The molecule has 0 aromatic heterocycles. The highest BCUT2D eigenvalue weighted by Gasteiger charge is 2.35. The molecule has 0 heterocycles. The van der Waals surface area contributed by atoms with E-state index in [1.807, 2.05) is 0 Å². The standard InChI is InChI=1S/C14H18F4O/c1-9(2)10-5-6-12(19-8-13(3,4)15)11(7-10)14(16,17)18/h5-7,9H,8H2,1-4H3. The van der Waals surface area contributed by atoms with Crippen molar-refractivity contribution in [1.29, 1.82) is 0 Å². The zero-order chi connectivity index (χ0) is 14.8. The lowest BCUT2D eigenvalue weighted by atomic mass is 10.00. The third-order valence-electron chi connectivity index (χ3n) is 2.55. The first-order chi connectivity index (χ1) is 8.50. The molecule has 0 bridgehead atoms. The normalized spacial score (nSPS) is 12.9. The lowest BCUT2D eigenvalue weighted by Crippen LogP contribution is -2.23. The average molecular weight is 278 g/mol. The topological polar surface area (TPSA) is 9.23 Å². The van der Waals surface area contributed by atoms with E-state index in [0.717, 1.165) is 6.07 Å². The second-order valence-electron chi connectivity index (χ2n) is 5.42. The van der Waals surface area contributed by atoms with Crippen LogP contribution in [0.5, 0.6) is 5.75 Å². The predicted molar refractivity (Wildman–Crippen MR) is 66.2 cm³/mol. The van der Waals surface area contributed by atoms with Crippen molar-refractivity contribution in [2.45, 2.75) is 45.5 Å². The summed E-state index contributed by atoms with van der Waals surface area (Å²) in [5.74, 6) is -0.351. The van der Waals surface area contributed by atoms with Gasteiger partial charge in [0.15, 0.2) is 0 Å². The van der Waals surface area contributed by atoms with Crippen LogP contribution in [-0.4, -0.2) is 12.3 Å². The minimum atomic E-state index is -4.51. The number of alkyl halides is 4. The highest BCUT2D eigenvalue weighted by atomic mass is 19.4. The molecular formula is C14H18F4O. The molecule has 1 aromatic rings. The van der Waals surface area contributed by atoms with Crippen molar-refractivity contribution < 1.29 is 22.3 Å². The zero-order valence-electron chi connectivity index (χ0n) is 11.4. The summed E-state index contributed by atoms with van der Waals surface area (Å²) in [4.78, 5) is 0. The highest BCUT2D eigenvalue weighted by Crippen LogP contribution is 2.38. The molecule has 0 fully saturated rings. The molecule has 0 saturated heterocycles. The molecule has 0 amide bonds. The van der Waals surface area contributed by atoms with E-state index >= 15 is 0 Å². The van der Waals surface area contributed by atoms with E-state index in [1.54, 1.807) is 19.9 Å². The smallest absolute Gasteiger partial charge is 0.419 e. The zero-order valence-corrected chi connectivity index (χ0v) is 11.4. The van der Waals surface area contributed by atoms with E-state index in [9.17, 15) is 17.6 Å². The quantitative estimate of drug-likeness (QED) is 0.708. The molecule has 0 saturated carbocycles. The summed E-state index contributed by atoms with van der Waals surface area (Å²) in [6.07, 6.45) is -4.51. The summed E-state index contributed by atoms with van der Waals surface area (Å²) in [6, 6.07) is 3.88. The fourth-order valence-electron chi connectivity index (χ4n) is 1.50. The number of ether oxygens (including phenoxy) is 1. The second kappa shape index (κ2) is 5.39. The maximum absolute atomic E-state index is 13.3. The number of benzene rings is 1. The van der Waals surface area contributed by atoms with Gasteiger partial charge in [0.1, 0.15) is 18.0 Å². The maximum Gasteiger partial charge on any atom is 0.419 e. The van der Waals surface area contributed by atoms with E-state index in [2.05, 4.69) is 0 Å². The summed E-state index contributed by atoms with van der Waals surface area (Å²) in [5.41, 5.74) is -1.97. The van der Waals surface area contributed by atoms with Crippen molar-refractivity contribution in [3.05, 3.63) is 29.3 Å². The van der Waals surface area contributed by atoms with Gasteiger partial charge in [-0.25, -0.2) is 4.39 Å². The molecule has 0 unspecified atom stereocenters. The van der Waals surface area contributed by atoms with Crippen molar-refractivity contribution in [3.63, 3.8) is 0 Å². The van der Waals surface area contributed by atoms with Gasteiger partial charge in [-0.3, -0.25) is 0 Å². The average Bonchev–Trinajstić information content (AvgIpc) is 2.23. The largest absolute Gasteiger partial charge is 0.490 e. The fraction of sp³-hybridized carbons (Fsp3) is 0.571. The Kier molecular flexibility index (Phi) is 4.48. The van der Waals surface area contributed by atoms with Gasteiger partial charge in [-0.2, -0.15) is 13.2 Å². The summed E-state index contributed by atoms with van der Waals surface area (Å²) in [6.45, 7) is 5.70. The second-order valence-corrected chi connectivity index (χ2v) is 5.42. The Morgan fingerprint density at radius 2 is 1.68 bits per heavy atom. The van der Waals surface area contributed by atoms with Crippen LogP contribution in [0.4, 0.5) is 17.6 Å². The molecule has 1 aromatic carbocycles. The number of hydrogen-bond donors (Lipinski definition) is 0. The number of rotatable bonds is 4. The molecule has 0 N–H and O–H groups in total. The lowest BCUT2D eigenvalue weighted by molar-refractivity contribution is -0.139. The van der Waals surface area contributed by atoms with Crippen LogP contribution in [0.1, 0.15) is 44.7 Å². The first kappa shape index (κ1) is 15.8. The summed E-state index contributed by atoms with van der Waals surface area (Å²) >= 11 is 0. The molecule has 0 spiro atoms. The lowest BCUT2D eigenvalue weighted by Gasteiger charge is -2.19. The Bertz CT molecular complexity index is 430. The fourth-order valence-corrected chi connectivity index (χ4v) is 1.50. The van der Waals surface area contributed by atoms with Crippen molar-refractivity contribution in [1.82, 2.24) is 0 Å². The molecule has 0 aliphatic heterocycles. The van der Waals surface area contributed by atoms with Crippen molar-refractivity contribution in [2.75, 3.05) is 6.61 Å². The van der Waals surface area contributed by atoms with Crippen molar-refractivity contribution >= 4 is 0 Å². The van der Waals surface area contributed by atoms with Crippen molar-refractivity contribution in [3.8, 4) is 5.75 Å². The van der Waals surface area contributed by atoms with Gasteiger partial charge in [-0.05, 0) is 37.5 Å². The van der Waals surface area contributed by atoms with Crippen LogP contribution < -0.4 is 4.74 Å². The van der Waals surface area contributed by atoms with Crippen LogP contribution in [0.3, 0.4) is 0 Å². The van der Waals surface area contributed by atoms with Crippen LogP contribution in [0.25, 0.3) is 0 Å². The molecule has 0 atom stereocenters.